The zero-order chi connectivity index (χ0) is 13.8. The summed E-state index contributed by atoms with van der Waals surface area (Å²) < 4.78 is 2.49. The van der Waals surface area contributed by atoms with Crippen LogP contribution in [-0.4, -0.2) is 27.0 Å². The van der Waals surface area contributed by atoms with E-state index in [0.29, 0.717) is 17.7 Å². The minimum atomic E-state index is 0.0470. The molecule has 0 aliphatic rings. The van der Waals surface area contributed by atoms with Crippen LogP contribution < -0.4 is 5.32 Å². The van der Waals surface area contributed by atoms with Gasteiger partial charge in [-0.15, -0.1) is 0 Å². The van der Waals surface area contributed by atoms with Crippen LogP contribution in [0.4, 0.5) is 0 Å². The molecule has 2 aromatic heterocycles. The van der Waals surface area contributed by atoms with E-state index < -0.39 is 0 Å². The number of pyridine rings is 1. The molecule has 0 spiro atoms. The number of rotatable bonds is 5. The summed E-state index contributed by atoms with van der Waals surface area (Å²) in [7, 11) is 0. The van der Waals surface area contributed by atoms with E-state index in [9.17, 15) is 4.79 Å². The third-order valence-corrected chi connectivity index (χ3v) is 3.33. The number of H-pyrrole nitrogens is 1. The predicted octanol–water partition coefficient (Wildman–Crippen LogP) is 2.32. The first-order chi connectivity index (χ1) is 9.13. The number of carbonyl (C=O) groups excluding carboxylic acids is 1. The number of aromatic amines is 1. The summed E-state index contributed by atoms with van der Waals surface area (Å²) in [5, 5.41) is 2.86. The van der Waals surface area contributed by atoms with Crippen molar-refractivity contribution in [2.24, 2.45) is 0 Å². The van der Waals surface area contributed by atoms with Crippen LogP contribution >= 0.6 is 12.2 Å². The van der Waals surface area contributed by atoms with E-state index in [0.717, 1.165) is 29.7 Å². The lowest BCUT2D eigenvalue weighted by molar-refractivity contribution is -0.121. The van der Waals surface area contributed by atoms with Gasteiger partial charge in [0.1, 0.15) is 0 Å². The van der Waals surface area contributed by atoms with Gasteiger partial charge in [-0.1, -0.05) is 6.92 Å². The van der Waals surface area contributed by atoms with E-state index in [1.807, 2.05) is 24.5 Å². The van der Waals surface area contributed by atoms with Gasteiger partial charge >= 0.3 is 0 Å². The van der Waals surface area contributed by atoms with E-state index in [-0.39, 0.29) is 5.91 Å². The summed E-state index contributed by atoms with van der Waals surface area (Å²) in [6, 6.07) is 1.94. The maximum absolute atomic E-state index is 11.6. The minimum absolute atomic E-state index is 0.0470. The Balaban J connectivity index is 2.17. The molecule has 0 saturated carbocycles. The predicted molar refractivity (Wildman–Crippen MR) is 77.6 cm³/mol. The van der Waals surface area contributed by atoms with Gasteiger partial charge in [0.15, 0.2) is 10.4 Å². The lowest BCUT2D eigenvalue weighted by Gasteiger charge is -2.05. The molecule has 0 unspecified atom stereocenters. The molecule has 2 N–H and O–H groups in total. The number of amides is 1. The van der Waals surface area contributed by atoms with Crippen LogP contribution in [0.1, 0.15) is 25.3 Å². The zero-order valence-electron chi connectivity index (χ0n) is 11.2. The van der Waals surface area contributed by atoms with Crippen LogP contribution in [0.3, 0.4) is 0 Å². The quantitative estimate of drug-likeness (QED) is 0.825. The van der Waals surface area contributed by atoms with E-state index >= 15 is 0 Å². The highest BCUT2D eigenvalue weighted by molar-refractivity contribution is 7.71. The molecular weight excluding hydrogens is 260 g/mol. The van der Waals surface area contributed by atoms with Gasteiger partial charge in [0.05, 0.1) is 5.52 Å². The van der Waals surface area contributed by atoms with Gasteiger partial charge in [-0.05, 0) is 37.2 Å². The molecule has 0 saturated heterocycles. The van der Waals surface area contributed by atoms with Gasteiger partial charge in [-0.25, -0.2) is 4.98 Å². The van der Waals surface area contributed by atoms with Crippen molar-refractivity contribution in [2.45, 2.75) is 33.2 Å². The molecule has 1 amide bonds. The number of aryl methyl sites for hydroxylation is 2. The van der Waals surface area contributed by atoms with Crippen molar-refractivity contribution in [3.63, 3.8) is 0 Å². The number of aromatic nitrogens is 3. The Bertz CT molecular complexity index is 644. The molecule has 19 heavy (non-hydrogen) atoms. The Morgan fingerprint density at radius 3 is 3.11 bits per heavy atom. The van der Waals surface area contributed by atoms with E-state index in [1.54, 1.807) is 6.20 Å². The first-order valence-electron chi connectivity index (χ1n) is 6.44. The minimum Gasteiger partial charge on any atom is -0.356 e. The number of imidazole rings is 1. The number of hydrogen-bond donors (Lipinski definition) is 2. The van der Waals surface area contributed by atoms with Crippen LogP contribution in [0.5, 0.6) is 0 Å². The Morgan fingerprint density at radius 1 is 1.58 bits per heavy atom. The molecule has 0 bridgehead atoms. The van der Waals surface area contributed by atoms with Crippen LogP contribution in [-0.2, 0) is 11.3 Å². The number of nitrogens with one attached hydrogen (secondary N) is 2. The molecule has 0 fully saturated rings. The molecular formula is C13H18N4OS. The second-order valence-corrected chi connectivity index (χ2v) is 4.89. The molecule has 0 aliphatic carbocycles. The summed E-state index contributed by atoms with van der Waals surface area (Å²) in [4.78, 5) is 19.1. The van der Waals surface area contributed by atoms with Crippen molar-refractivity contribution in [3.05, 3.63) is 22.6 Å². The van der Waals surface area contributed by atoms with Crippen molar-refractivity contribution >= 4 is 29.3 Å². The first kappa shape index (κ1) is 13.7. The summed E-state index contributed by atoms with van der Waals surface area (Å²) in [6.07, 6.45) is 3.11. The Hall–Kier alpha value is -1.69. The maximum Gasteiger partial charge on any atom is 0.221 e. The van der Waals surface area contributed by atoms with E-state index in [4.69, 9.17) is 12.2 Å². The van der Waals surface area contributed by atoms with Crippen molar-refractivity contribution in [1.29, 1.82) is 0 Å². The second kappa shape index (κ2) is 5.97. The van der Waals surface area contributed by atoms with Gasteiger partial charge in [0, 0.05) is 25.7 Å². The smallest absolute Gasteiger partial charge is 0.221 e. The summed E-state index contributed by atoms with van der Waals surface area (Å²) in [5.74, 6) is 0.0470. The van der Waals surface area contributed by atoms with Gasteiger partial charge in [0.2, 0.25) is 5.91 Å². The summed E-state index contributed by atoms with van der Waals surface area (Å²) in [6.45, 7) is 5.30. The Kier molecular flexibility index (Phi) is 4.31. The van der Waals surface area contributed by atoms with Crippen LogP contribution in [0.15, 0.2) is 12.3 Å². The number of carbonyl (C=O) groups is 1. The number of nitrogens with zero attached hydrogens (tertiary/aromatic N) is 2. The van der Waals surface area contributed by atoms with Crippen LogP contribution in [0, 0.1) is 11.7 Å². The highest BCUT2D eigenvalue weighted by Crippen LogP contribution is 2.15. The Morgan fingerprint density at radius 2 is 2.37 bits per heavy atom. The lowest BCUT2D eigenvalue weighted by Crippen LogP contribution is -2.25. The molecule has 6 heteroatoms. The molecule has 0 aromatic carbocycles. The van der Waals surface area contributed by atoms with E-state index in [2.05, 4.69) is 15.3 Å². The van der Waals surface area contributed by atoms with Crippen molar-refractivity contribution < 1.29 is 4.79 Å². The average Bonchev–Trinajstić information content (AvgIpc) is 2.71. The molecule has 5 nitrogen and oxygen atoms in total. The molecule has 102 valence electrons. The fourth-order valence-electron chi connectivity index (χ4n) is 1.95. The molecule has 0 aliphatic heterocycles. The Labute approximate surface area is 117 Å². The number of hydrogen-bond acceptors (Lipinski definition) is 3. The summed E-state index contributed by atoms with van der Waals surface area (Å²) in [5.41, 5.74) is 2.86. The SMILES string of the molecule is CCCNC(=O)CCn1c(=S)[nH]c2c(C)ccnc21. The maximum atomic E-state index is 11.6. The van der Waals surface area contributed by atoms with E-state index in [1.165, 1.54) is 0 Å². The second-order valence-electron chi connectivity index (χ2n) is 4.51. The lowest BCUT2D eigenvalue weighted by atomic mass is 10.3. The normalized spacial score (nSPS) is 10.8. The highest BCUT2D eigenvalue weighted by atomic mass is 32.1. The van der Waals surface area contributed by atoms with Crippen molar-refractivity contribution in [3.8, 4) is 0 Å². The molecule has 0 radical (unpaired) electrons. The zero-order valence-corrected chi connectivity index (χ0v) is 12.0. The van der Waals surface area contributed by atoms with Gasteiger partial charge in [0.25, 0.3) is 0 Å². The van der Waals surface area contributed by atoms with Crippen molar-refractivity contribution in [2.75, 3.05) is 6.54 Å². The average molecular weight is 278 g/mol. The monoisotopic (exact) mass is 278 g/mol. The third-order valence-electron chi connectivity index (χ3n) is 3.01. The van der Waals surface area contributed by atoms with Gasteiger partial charge < -0.3 is 14.9 Å². The standard InChI is InChI=1S/C13H18N4OS/c1-3-6-14-10(18)5-8-17-12-11(16-13(17)19)9(2)4-7-15-12/h4,7H,3,5-6,8H2,1-2H3,(H,14,18)(H,16,19). The van der Waals surface area contributed by atoms with Crippen LogP contribution in [0.2, 0.25) is 0 Å². The fraction of sp³-hybridized carbons (Fsp3) is 0.462. The van der Waals surface area contributed by atoms with Crippen LogP contribution in [0.25, 0.3) is 11.2 Å². The number of fused-ring (bicyclic) bond motifs is 1. The highest BCUT2D eigenvalue weighted by Gasteiger charge is 2.09. The topological polar surface area (TPSA) is 62.7 Å². The van der Waals surface area contributed by atoms with Gasteiger partial charge in [-0.3, -0.25) is 4.79 Å². The van der Waals surface area contributed by atoms with Gasteiger partial charge in [-0.2, -0.15) is 0 Å². The molecule has 0 atom stereocenters. The molecule has 2 heterocycles. The molecule has 2 aromatic rings. The summed E-state index contributed by atoms with van der Waals surface area (Å²) >= 11 is 5.29. The van der Waals surface area contributed by atoms with Crippen molar-refractivity contribution in [1.82, 2.24) is 19.9 Å². The largest absolute Gasteiger partial charge is 0.356 e. The first-order valence-corrected chi connectivity index (χ1v) is 6.85. The third kappa shape index (κ3) is 3.01. The fourth-order valence-corrected chi connectivity index (χ4v) is 2.23. The molecule has 2 rings (SSSR count).